The highest BCUT2D eigenvalue weighted by Gasteiger charge is 2.34. The van der Waals surface area contributed by atoms with Crippen LogP contribution in [0.3, 0.4) is 0 Å². The minimum atomic E-state index is -0.137. The molecule has 0 spiro atoms. The third-order valence-electron chi connectivity index (χ3n) is 4.26. The second kappa shape index (κ2) is 7.04. The Bertz CT molecular complexity index is 464. The molecule has 0 unspecified atom stereocenters. The molecule has 2 heterocycles. The molecule has 6 heteroatoms. The number of nitrogens with one attached hydrogen (secondary N) is 1. The number of hydrogen-bond donors (Lipinski definition) is 1. The molecule has 1 aliphatic heterocycles. The van der Waals surface area contributed by atoms with Crippen molar-refractivity contribution in [1.29, 1.82) is 0 Å². The van der Waals surface area contributed by atoms with Gasteiger partial charge < -0.3 is 10.1 Å². The number of amides is 1. The zero-order chi connectivity index (χ0) is 15.4. The van der Waals surface area contributed by atoms with Crippen molar-refractivity contribution < 1.29 is 9.53 Å². The summed E-state index contributed by atoms with van der Waals surface area (Å²) >= 11 is 0. The summed E-state index contributed by atoms with van der Waals surface area (Å²) in [6.07, 6.45) is 4.16. The van der Waals surface area contributed by atoms with Gasteiger partial charge in [0.05, 0.1) is 19.2 Å². The Hall–Kier alpha value is -1.40. The Morgan fingerprint density at radius 2 is 2.14 bits per heavy atom. The van der Waals surface area contributed by atoms with Gasteiger partial charge >= 0.3 is 0 Å². The molecule has 118 valence electrons. The number of carbonyl (C=O) groups is 1. The van der Waals surface area contributed by atoms with Gasteiger partial charge in [-0.05, 0) is 33.6 Å². The molecule has 0 saturated carbocycles. The fraction of sp³-hybridized carbons (Fsp3) is 0.733. The average Bonchev–Trinajstić information content (AvgIpc) is 3.03. The first kappa shape index (κ1) is 16.0. The summed E-state index contributed by atoms with van der Waals surface area (Å²) in [5.74, 6) is 0.607. The van der Waals surface area contributed by atoms with E-state index >= 15 is 0 Å². The molecule has 1 aromatic rings. The SMILES string of the molecule is COCCn1ccc(NC(=O)[C@H](C)N2[C@H](C)CC[C@@H]2C)n1. The fourth-order valence-electron chi connectivity index (χ4n) is 3.08. The monoisotopic (exact) mass is 294 g/mol. The molecule has 21 heavy (non-hydrogen) atoms. The van der Waals surface area contributed by atoms with Gasteiger partial charge in [0.1, 0.15) is 0 Å². The van der Waals surface area contributed by atoms with E-state index < -0.39 is 0 Å². The third kappa shape index (κ3) is 3.83. The topological polar surface area (TPSA) is 59.4 Å². The fourth-order valence-corrected chi connectivity index (χ4v) is 3.08. The Labute approximate surface area is 126 Å². The van der Waals surface area contributed by atoms with Crippen LogP contribution in [0.4, 0.5) is 5.82 Å². The highest BCUT2D eigenvalue weighted by Crippen LogP contribution is 2.26. The van der Waals surface area contributed by atoms with E-state index in [-0.39, 0.29) is 11.9 Å². The molecule has 1 saturated heterocycles. The van der Waals surface area contributed by atoms with E-state index in [1.165, 1.54) is 0 Å². The normalized spacial score (nSPS) is 24.2. The molecule has 0 aliphatic carbocycles. The molecule has 1 aliphatic rings. The molecule has 2 rings (SSSR count). The average molecular weight is 294 g/mol. The number of methoxy groups -OCH3 is 1. The van der Waals surface area contributed by atoms with Gasteiger partial charge in [0.15, 0.2) is 5.82 Å². The van der Waals surface area contributed by atoms with E-state index in [0.717, 1.165) is 12.8 Å². The van der Waals surface area contributed by atoms with Crippen LogP contribution in [0, 0.1) is 0 Å². The van der Waals surface area contributed by atoms with E-state index in [9.17, 15) is 4.79 Å². The maximum absolute atomic E-state index is 12.4. The first-order chi connectivity index (χ1) is 10.0. The van der Waals surface area contributed by atoms with Crippen LogP contribution < -0.4 is 5.32 Å². The second-order valence-corrected chi connectivity index (χ2v) is 5.84. The summed E-state index contributed by atoms with van der Waals surface area (Å²) in [5.41, 5.74) is 0. The molecular formula is C15H26N4O2. The number of nitrogens with zero attached hydrogens (tertiary/aromatic N) is 3. The molecule has 0 aromatic carbocycles. The Balaban J connectivity index is 1.92. The lowest BCUT2D eigenvalue weighted by Crippen LogP contribution is -2.46. The molecule has 1 N–H and O–H groups in total. The summed E-state index contributed by atoms with van der Waals surface area (Å²) in [4.78, 5) is 14.7. The maximum atomic E-state index is 12.4. The first-order valence-corrected chi connectivity index (χ1v) is 7.63. The van der Waals surface area contributed by atoms with Crippen LogP contribution in [0.15, 0.2) is 12.3 Å². The van der Waals surface area contributed by atoms with E-state index in [1.54, 1.807) is 11.8 Å². The lowest BCUT2D eigenvalue weighted by Gasteiger charge is -2.31. The summed E-state index contributed by atoms with van der Waals surface area (Å²) in [5, 5.41) is 7.22. The smallest absolute Gasteiger partial charge is 0.242 e. The predicted octanol–water partition coefficient (Wildman–Crippen LogP) is 1.73. The highest BCUT2D eigenvalue weighted by atomic mass is 16.5. The number of rotatable bonds is 6. The van der Waals surface area contributed by atoms with Gasteiger partial charge in [-0.15, -0.1) is 0 Å². The van der Waals surface area contributed by atoms with Crippen LogP contribution >= 0.6 is 0 Å². The lowest BCUT2D eigenvalue weighted by molar-refractivity contribution is -0.121. The van der Waals surface area contributed by atoms with Gasteiger partial charge in [0.2, 0.25) is 5.91 Å². The molecule has 1 amide bonds. The van der Waals surface area contributed by atoms with E-state index in [2.05, 4.69) is 29.2 Å². The summed E-state index contributed by atoms with van der Waals surface area (Å²) in [6, 6.07) is 2.60. The number of anilines is 1. The van der Waals surface area contributed by atoms with Crippen LogP contribution in [0.25, 0.3) is 0 Å². The minimum Gasteiger partial charge on any atom is -0.383 e. The van der Waals surface area contributed by atoms with Gasteiger partial charge in [-0.25, -0.2) is 0 Å². The largest absolute Gasteiger partial charge is 0.383 e. The van der Waals surface area contributed by atoms with Crippen LogP contribution in [-0.2, 0) is 16.1 Å². The zero-order valence-corrected chi connectivity index (χ0v) is 13.4. The maximum Gasteiger partial charge on any atom is 0.242 e. The van der Waals surface area contributed by atoms with Crippen molar-refractivity contribution in [2.75, 3.05) is 19.0 Å². The van der Waals surface area contributed by atoms with Crippen molar-refractivity contribution >= 4 is 11.7 Å². The minimum absolute atomic E-state index is 0.00703. The van der Waals surface area contributed by atoms with Gasteiger partial charge in [-0.2, -0.15) is 5.10 Å². The zero-order valence-electron chi connectivity index (χ0n) is 13.4. The molecule has 6 nitrogen and oxygen atoms in total. The van der Waals surface area contributed by atoms with Crippen molar-refractivity contribution in [2.45, 2.75) is 58.3 Å². The first-order valence-electron chi connectivity index (χ1n) is 7.63. The van der Waals surface area contributed by atoms with Gasteiger partial charge in [0.25, 0.3) is 0 Å². The molecule has 0 radical (unpaired) electrons. The van der Waals surface area contributed by atoms with E-state index in [1.807, 2.05) is 19.2 Å². The van der Waals surface area contributed by atoms with Gasteiger partial charge in [-0.1, -0.05) is 0 Å². The van der Waals surface area contributed by atoms with Crippen molar-refractivity contribution in [3.8, 4) is 0 Å². The number of likely N-dealkylation sites (tertiary alicyclic amines) is 1. The summed E-state index contributed by atoms with van der Waals surface area (Å²) < 4.78 is 6.78. The Morgan fingerprint density at radius 1 is 1.48 bits per heavy atom. The van der Waals surface area contributed by atoms with Gasteiger partial charge in [0, 0.05) is 31.5 Å². The van der Waals surface area contributed by atoms with Crippen molar-refractivity contribution in [1.82, 2.24) is 14.7 Å². The Morgan fingerprint density at radius 3 is 2.76 bits per heavy atom. The van der Waals surface area contributed by atoms with Crippen molar-refractivity contribution in [3.63, 3.8) is 0 Å². The molecular weight excluding hydrogens is 268 g/mol. The van der Waals surface area contributed by atoms with E-state index in [4.69, 9.17) is 4.74 Å². The quantitative estimate of drug-likeness (QED) is 0.868. The summed E-state index contributed by atoms with van der Waals surface area (Å²) in [6.45, 7) is 7.63. The third-order valence-corrected chi connectivity index (χ3v) is 4.26. The van der Waals surface area contributed by atoms with Crippen LogP contribution in [0.5, 0.6) is 0 Å². The van der Waals surface area contributed by atoms with Crippen LogP contribution in [0.1, 0.15) is 33.6 Å². The van der Waals surface area contributed by atoms with Crippen molar-refractivity contribution in [2.24, 2.45) is 0 Å². The molecule has 0 bridgehead atoms. The van der Waals surface area contributed by atoms with Crippen molar-refractivity contribution in [3.05, 3.63) is 12.3 Å². The Kier molecular flexibility index (Phi) is 5.36. The summed E-state index contributed by atoms with van der Waals surface area (Å²) in [7, 11) is 1.66. The lowest BCUT2D eigenvalue weighted by atomic mass is 10.2. The molecule has 1 fully saturated rings. The van der Waals surface area contributed by atoms with Crippen LogP contribution in [0.2, 0.25) is 0 Å². The number of ether oxygens (including phenoxy) is 1. The number of carbonyl (C=O) groups excluding carboxylic acids is 1. The van der Waals surface area contributed by atoms with Crippen LogP contribution in [-0.4, -0.2) is 52.4 Å². The highest BCUT2D eigenvalue weighted by molar-refractivity contribution is 5.93. The number of aromatic nitrogens is 2. The second-order valence-electron chi connectivity index (χ2n) is 5.84. The standard InChI is InChI=1S/C15H26N4O2/c1-11-5-6-12(2)19(11)13(3)15(20)16-14-7-8-18(17-14)9-10-21-4/h7-8,11-13H,5-6,9-10H2,1-4H3,(H,16,17,20)/t11-,12+,13-/m0/s1. The van der Waals surface area contributed by atoms with Gasteiger partial charge in [-0.3, -0.25) is 14.4 Å². The predicted molar refractivity (Wildman–Crippen MR) is 82.2 cm³/mol. The molecule has 3 atom stereocenters. The molecule has 1 aromatic heterocycles. The number of hydrogen-bond acceptors (Lipinski definition) is 4. The van der Waals surface area contributed by atoms with E-state index in [0.29, 0.717) is 31.1 Å².